The summed E-state index contributed by atoms with van der Waals surface area (Å²) >= 11 is 12.7. The molecule has 1 heterocycles. The second-order valence-electron chi connectivity index (χ2n) is 4.39. The number of hydrogen-bond donors (Lipinski definition) is 1. The molecule has 3 aromatic rings. The van der Waals surface area contributed by atoms with E-state index in [1.807, 2.05) is 24.3 Å². The van der Waals surface area contributed by atoms with Gasteiger partial charge in [0.2, 0.25) is 0 Å². The number of para-hydroxylation sites is 2. The van der Waals surface area contributed by atoms with Crippen LogP contribution in [0.5, 0.6) is 11.5 Å². The fourth-order valence-electron chi connectivity index (χ4n) is 2.21. The first-order valence-electron chi connectivity index (χ1n) is 6.20. The summed E-state index contributed by atoms with van der Waals surface area (Å²) in [5.74, 6) is 1.50. The Morgan fingerprint density at radius 3 is 2.52 bits per heavy atom. The molecule has 2 aromatic carbocycles. The molecular formula is C15H12Cl2N2O2. The summed E-state index contributed by atoms with van der Waals surface area (Å²) < 4.78 is 10.5. The lowest BCUT2D eigenvalue weighted by atomic mass is 10.2. The molecule has 0 amide bonds. The third-order valence-electron chi connectivity index (χ3n) is 3.19. The Labute approximate surface area is 131 Å². The summed E-state index contributed by atoms with van der Waals surface area (Å²) in [4.78, 5) is 7.72. The van der Waals surface area contributed by atoms with Crippen molar-refractivity contribution in [2.75, 3.05) is 14.2 Å². The van der Waals surface area contributed by atoms with Gasteiger partial charge in [0.25, 0.3) is 0 Å². The van der Waals surface area contributed by atoms with Gasteiger partial charge in [0.15, 0.2) is 11.5 Å². The van der Waals surface area contributed by atoms with Crippen molar-refractivity contribution < 1.29 is 9.47 Å². The molecule has 6 heteroatoms. The van der Waals surface area contributed by atoms with Gasteiger partial charge in [0.05, 0.1) is 40.9 Å². The standard InChI is InChI=1S/C15H12Cl2N2O2/c1-20-11-7-8(16)12(13(17)14(11)21-2)15-18-9-5-3-4-6-10(9)19-15/h3-7H,1-2H3,(H,18,19). The molecule has 4 nitrogen and oxygen atoms in total. The molecule has 0 saturated carbocycles. The van der Waals surface area contributed by atoms with Crippen molar-refractivity contribution in [1.82, 2.24) is 9.97 Å². The van der Waals surface area contributed by atoms with Crippen molar-refractivity contribution in [3.63, 3.8) is 0 Å². The Morgan fingerprint density at radius 1 is 1.10 bits per heavy atom. The Balaban J connectivity index is 2.26. The van der Waals surface area contributed by atoms with Crippen molar-refractivity contribution in [2.24, 2.45) is 0 Å². The van der Waals surface area contributed by atoms with Crippen LogP contribution in [0.25, 0.3) is 22.4 Å². The van der Waals surface area contributed by atoms with Crippen LogP contribution in [0.15, 0.2) is 30.3 Å². The molecule has 0 aliphatic rings. The van der Waals surface area contributed by atoms with Gasteiger partial charge in [0, 0.05) is 6.07 Å². The fourth-order valence-corrected chi connectivity index (χ4v) is 2.90. The van der Waals surface area contributed by atoms with Crippen LogP contribution < -0.4 is 9.47 Å². The van der Waals surface area contributed by atoms with Gasteiger partial charge in [-0.15, -0.1) is 0 Å². The minimum atomic E-state index is 0.362. The maximum absolute atomic E-state index is 6.41. The number of hydrogen-bond acceptors (Lipinski definition) is 3. The van der Waals surface area contributed by atoms with Gasteiger partial charge >= 0.3 is 0 Å². The average molecular weight is 323 g/mol. The van der Waals surface area contributed by atoms with Gasteiger partial charge < -0.3 is 14.5 Å². The molecule has 0 aliphatic carbocycles. The Bertz CT molecular complexity index is 782. The normalized spacial score (nSPS) is 10.9. The highest BCUT2D eigenvalue weighted by Crippen LogP contribution is 2.45. The number of imidazole rings is 1. The molecule has 0 saturated heterocycles. The molecular weight excluding hydrogens is 311 g/mol. The zero-order valence-corrected chi connectivity index (χ0v) is 12.9. The molecule has 108 valence electrons. The molecule has 0 fully saturated rings. The predicted octanol–water partition coefficient (Wildman–Crippen LogP) is 4.55. The Hall–Kier alpha value is -1.91. The third kappa shape index (κ3) is 2.30. The molecule has 0 atom stereocenters. The number of nitrogens with zero attached hydrogens (tertiary/aromatic N) is 1. The van der Waals surface area contributed by atoms with E-state index in [2.05, 4.69) is 9.97 Å². The van der Waals surface area contributed by atoms with E-state index in [4.69, 9.17) is 32.7 Å². The highest BCUT2D eigenvalue weighted by molar-refractivity contribution is 6.40. The second kappa shape index (κ2) is 5.47. The third-order valence-corrected chi connectivity index (χ3v) is 3.85. The van der Waals surface area contributed by atoms with Crippen LogP contribution in [0.2, 0.25) is 10.0 Å². The van der Waals surface area contributed by atoms with E-state index in [0.29, 0.717) is 32.9 Å². The van der Waals surface area contributed by atoms with Crippen LogP contribution in [-0.2, 0) is 0 Å². The fraction of sp³-hybridized carbons (Fsp3) is 0.133. The number of nitrogens with one attached hydrogen (secondary N) is 1. The molecule has 0 spiro atoms. The zero-order valence-electron chi connectivity index (χ0n) is 11.4. The number of rotatable bonds is 3. The Morgan fingerprint density at radius 2 is 1.86 bits per heavy atom. The van der Waals surface area contributed by atoms with Gasteiger partial charge in [0.1, 0.15) is 5.82 Å². The molecule has 21 heavy (non-hydrogen) atoms. The van der Waals surface area contributed by atoms with Crippen LogP contribution in [0, 0.1) is 0 Å². The molecule has 0 radical (unpaired) electrons. The van der Waals surface area contributed by atoms with Gasteiger partial charge in [-0.25, -0.2) is 4.98 Å². The molecule has 0 aliphatic heterocycles. The maximum Gasteiger partial charge on any atom is 0.180 e. The minimum absolute atomic E-state index is 0.362. The first-order valence-corrected chi connectivity index (χ1v) is 6.96. The smallest absolute Gasteiger partial charge is 0.180 e. The van der Waals surface area contributed by atoms with Crippen molar-refractivity contribution in [3.05, 3.63) is 40.4 Å². The minimum Gasteiger partial charge on any atom is -0.493 e. The van der Waals surface area contributed by atoms with Gasteiger partial charge in [-0.1, -0.05) is 35.3 Å². The quantitative estimate of drug-likeness (QED) is 0.769. The van der Waals surface area contributed by atoms with E-state index in [1.165, 1.54) is 14.2 Å². The topological polar surface area (TPSA) is 47.1 Å². The van der Waals surface area contributed by atoms with Gasteiger partial charge in [-0.05, 0) is 12.1 Å². The highest BCUT2D eigenvalue weighted by Gasteiger charge is 2.20. The van der Waals surface area contributed by atoms with Crippen molar-refractivity contribution in [1.29, 1.82) is 0 Å². The number of halogens is 2. The van der Waals surface area contributed by atoms with E-state index in [0.717, 1.165) is 11.0 Å². The van der Waals surface area contributed by atoms with Crippen molar-refractivity contribution in [3.8, 4) is 22.9 Å². The molecule has 1 aromatic heterocycles. The largest absolute Gasteiger partial charge is 0.493 e. The monoisotopic (exact) mass is 322 g/mol. The summed E-state index contributed by atoms with van der Waals surface area (Å²) in [5.41, 5.74) is 2.34. The van der Waals surface area contributed by atoms with Gasteiger partial charge in [-0.2, -0.15) is 0 Å². The summed E-state index contributed by atoms with van der Waals surface area (Å²) in [5, 5.41) is 0.803. The van der Waals surface area contributed by atoms with Crippen molar-refractivity contribution >= 4 is 34.2 Å². The zero-order chi connectivity index (χ0) is 15.0. The summed E-state index contributed by atoms with van der Waals surface area (Å²) in [6.07, 6.45) is 0. The van der Waals surface area contributed by atoms with E-state index in [9.17, 15) is 0 Å². The van der Waals surface area contributed by atoms with E-state index < -0.39 is 0 Å². The summed E-state index contributed by atoms with van der Waals surface area (Å²) in [6, 6.07) is 9.37. The SMILES string of the molecule is COc1cc(Cl)c(-c2nc3ccccc3[nH]2)c(Cl)c1OC. The summed E-state index contributed by atoms with van der Waals surface area (Å²) in [6.45, 7) is 0. The van der Waals surface area contributed by atoms with Crippen LogP contribution in [0.4, 0.5) is 0 Å². The van der Waals surface area contributed by atoms with Crippen LogP contribution in [-0.4, -0.2) is 24.2 Å². The molecule has 0 unspecified atom stereocenters. The molecule has 1 N–H and O–H groups in total. The van der Waals surface area contributed by atoms with Crippen LogP contribution in [0.3, 0.4) is 0 Å². The number of fused-ring (bicyclic) bond motifs is 1. The lowest BCUT2D eigenvalue weighted by molar-refractivity contribution is 0.355. The molecule has 3 rings (SSSR count). The van der Waals surface area contributed by atoms with Gasteiger partial charge in [-0.3, -0.25) is 0 Å². The van der Waals surface area contributed by atoms with Crippen molar-refractivity contribution in [2.45, 2.75) is 0 Å². The first-order chi connectivity index (χ1) is 10.2. The maximum atomic E-state index is 6.41. The first kappa shape index (κ1) is 14.0. The van der Waals surface area contributed by atoms with E-state index in [-0.39, 0.29) is 0 Å². The summed E-state index contributed by atoms with van der Waals surface area (Å²) in [7, 11) is 3.06. The number of benzene rings is 2. The van der Waals surface area contributed by atoms with Crippen LogP contribution >= 0.6 is 23.2 Å². The number of aromatic amines is 1. The predicted molar refractivity (Wildman–Crippen MR) is 84.7 cm³/mol. The lowest BCUT2D eigenvalue weighted by Gasteiger charge is -2.13. The number of methoxy groups -OCH3 is 2. The number of H-pyrrole nitrogens is 1. The Kier molecular flexibility index (Phi) is 3.66. The average Bonchev–Trinajstić information content (AvgIpc) is 2.89. The van der Waals surface area contributed by atoms with E-state index >= 15 is 0 Å². The van der Waals surface area contributed by atoms with Crippen LogP contribution in [0.1, 0.15) is 0 Å². The number of ether oxygens (including phenoxy) is 2. The van der Waals surface area contributed by atoms with E-state index in [1.54, 1.807) is 6.07 Å². The number of aromatic nitrogens is 2. The molecule has 0 bridgehead atoms. The second-order valence-corrected chi connectivity index (χ2v) is 5.17. The lowest BCUT2D eigenvalue weighted by Crippen LogP contribution is -1.94. The highest BCUT2D eigenvalue weighted by atomic mass is 35.5.